The summed E-state index contributed by atoms with van der Waals surface area (Å²) < 4.78 is 9.97. The number of hydrogen-bond donors (Lipinski definition) is 1. The van der Waals surface area contributed by atoms with Crippen LogP contribution in [0.1, 0.15) is 48.5 Å². The number of allylic oxidation sites excluding steroid dienone is 1. The predicted octanol–water partition coefficient (Wildman–Crippen LogP) is 3.01. The normalized spacial score (nSPS) is 12.0. The summed E-state index contributed by atoms with van der Waals surface area (Å²) in [6.07, 6.45) is 0.604. The van der Waals surface area contributed by atoms with Crippen molar-refractivity contribution in [1.82, 2.24) is 5.32 Å². The van der Waals surface area contributed by atoms with Crippen LogP contribution >= 0.6 is 0 Å². The molecular formula is C16H25NO4. The molecule has 0 unspecified atom stereocenters. The lowest BCUT2D eigenvalue weighted by molar-refractivity contribution is -0.139. The van der Waals surface area contributed by atoms with Gasteiger partial charge in [0.05, 0.1) is 6.61 Å². The number of carbonyl (C=O) groups is 2. The third kappa shape index (κ3) is 10.5. The monoisotopic (exact) mass is 295 g/mol. The number of hydrogen-bond acceptors (Lipinski definition) is 4. The molecule has 0 spiro atoms. The highest BCUT2D eigenvalue weighted by atomic mass is 16.6. The van der Waals surface area contributed by atoms with E-state index in [1.807, 2.05) is 20.8 Å². The maximum Gasteiger partial charge on any atom is 0.412 e. The molecule has 0 rings (SSSR count). The molecule has 0 aromatic carbocycles. The van der Waals surface area contributed by atoms with Crippen molar-refractivity contribution in [2.24, 2.45) is 5.41 Å². The van der Waals surface area contributed by atoms with Gasteiger partial charge in [0.2, 0.25) is 0 Å². The molecule has 0 radical (unpaired) electrons. The zero-order valence-electron chi connectivity index (χ0n) is 13.9. The number of carbonyl (C=O) groups excluding carboxylic acids is 2. The van der Waals surface area contributed by atoms with E-state index in [2.05, 4.69) is 17.2 Å². The fourth-order valence-electron chi connectivity index (χ4n) is 1.09. The molecule has 0 saturated carbocycles. The maximum atomic E-state index is 11.8. The molecule has 0 aliphatic carbocycles. The summed E-state index contributed by atoms with van der Waals surface area (Å²) in [5, 5.41) is 2.37. The second-order valence-corrected chi connectivity index (χ2v) is 6.42. The minimum atomic E-state index is -0.723. The van der Waals surface area contributed by atoms with Gasteiger partial charge in [0.1, 0.15) is 11.3 Å². The smallest absolute Gasteiger partial charge is 0.412 e. The Balaban J connectivity index is 5.07. The molecule has 0 aromatic heterocycles. The minimum Gasteiger partial charge on any atom is -0.461 e. The van der Waals surface area contributed by atoms with Gasteiger partial charge in [0.25, 0.3) is 0 Å². The highest BCUT2D eigenvalue weighted by Crippen LogP contribution is 2.10. The third-order valence-corrected chi connectivity index (χ3v) is 1.79. The molecular weight excluding hydrogens is 270 g/mol. The van der Waals surface area contributed by atoms with E-state index in [0.717, 1.165) is 0 Å². The van der Waals surface area contributed by atoms with Crippen LogP contribution in [0.25, 0.3) is 0 Å². The number of nitrogens with one attached hydrogen (secondary N) is 1. The van der Waals surface area contributed by atoms with E-state index in [-0.39, 0.29) is 17.7 Å². The standard InChI is InChI=1S/C16H25NO4/c1-8-20-13(18)12(10-9-11-15(2,3)4)17-14(19)21-16(5,6)7/h10H,8H2,1-7H3,(H,17,19)/b12-10-. The number of alkyl carbamates (subject to hydrolysis) is 1. The molecule has 118 valence electrons. The van der Waals surface area contributed by atoms with Crippen LogP contribution in [0.4, 0.5) is 4.79 Å². The van der Waals surface area contributed by atoms with E-state index < -0.39 is 17.7 Å². The Hall–Kier alpha value is -1.96. The lowest BCUT2D eigenvalue weighted by atomic mass is 9.98. The molecule has 1 N–H and O–H groups in total. The van der Waals surface area contributed by atoms with Crippen molar-refractivity contribution in [2.75, 3.05) is 6.61 Å². The number of ether oxygens (including phenoxy) is 2. The molecule has 0 aliphatic heterocycles. The van der Waals surface area contributed by atoms with E-state index in [1.165, 1.54) is 6.08 Å². The van der Waals surface area contributed by atoms with E-state index in [4.69, 9.17) is 9.47 Å². The molecule has 5 nitrogen and oxygen atoms in total. The van der Waals surface area contributed by atoms with Crippen LogP contribution in [0.2, 0.25) is 0 Å². The summed E-state index contributed by atoms with van der Waals surface area (Å²) in [5.41, 5.74) is -0.897. The zero-order chi connectivity index (χ0) is 16.7. The lowest BCUT2D eigenvalue weighted by Crippen LogP contribution is -2.34. The first-order valence-corrected chi connectivity index (χ1v) is 6.84. The van der Waals surface area contributed by atoms with E-state index in [0.29, 0.717) is 0 Å². The zero-order valence-corrected chi connectivity index (χ0v) is 13.9. The number of rotatable bonds is 3. The molecule has 0 heterocycles. The molecule has 0 fully saturated rings. The van der Waals surface area contributed by atoms with Crippen LogP contribution < -0.4 is 5.32 Å². The van der Waals surface area contributed by atoms with Gasteiger partial charge in [-0.3, -0.25) is 5.32 Å². The third-order valence-electron chi connectivity index (χ3n) is 1.79. The van der Waals surface area contributed by atoms with Gasteiger partial charge >= 0.3 is 12.1 Å². The van der Waals surface area contributed by atoms with Crippen molar-refractivity contribution in [3.05, 3.63) is 11.8 Å². The molecule has 0 saturated heterocycles. The van der Waals surface area contributed by atoms with Gasteiger partial charge in [0.15, 0.2) is 0 Å². The van der Waals surface area contributed by atoms with Gasteiger partial charge in [-0.05, 0) is 48.5 Å². The Bertz CT molecular complexity index is 467. The summed E-state index contributed by atoms with van der Waals surface area (Å²) in [4.78, 5) is 23.5. The number of esters is 1. The first-order chi connectivity index (χ1) is 9.44. The Morgan fingerprint density at radius 2 is 1.71 bits per heavy atom. The average Bonchev–Trinajstić information content (AvgIpc) is 2.23. The van der Waals surface area contributed by atoms with Gasteiger partial charge in [-0.15, -0.1) is 0 Å². The van der Waals surface area contributed by atoms with Crippen LogP contribution in [-0.2, 0) is 14.3 Å². The van der Waals surface area contributed by atoms with Gasteiger partial charge in [-0.25, -0.2) is 9.59 Å². The van der Waals surface area contributed by atoms with Crippen molar-refractivity contribution in [1.29, 1.82) is 0 Å². The lowest BCUT2D eigenvalue weighted by Gasteiger charge is -2.20. The summed E-state index contributed by atoms with van der Waals surface area (Å²) in [5.74, 6) is 5.05. The second kappa shape index (κ2) is 7.72. The van der Waals surface area contributed by atoms with Crippen molar-refractivity contribution in [3.63, 3.8) is 0 Å². The van der Waals surface area contributed by atoms with E-state index in [9.17, 15) is 9.59 Å². The van der Waals surface area contributed by atoms with E-state index in [1.54, 1.807) is 27.7 Å². The van der Waals surface area contributed by atoms with Crippen molar-refractivity contribution < 1.29 is 19.1 Å². The molecule has 5 heteroatoms. The fraction of sp³-hybridized carbons (Fsp3) is 0.625. The molecule has 1 amide bonds. The minimum absolute atomic E-state index is 0.0390. The fourth-order valence-corrected chi connectivity index (χ4v) is 1.09. The SMILES string of the molecule is CCOC(=O)/C(=C/C#CC(C)(C)C)NC(=O)OC(C)(C)C. The van der Waals surface area contributed by atoms with Crippen LogP contribution in [0.5, 0.6) is 0 Å². The van der Waals surface area contributed by atoms with Crippen molar-refractivity contribution in [3.8, 4) is 11.8 Å². The molecule has 0 bridgehead atoms. The van der Waals surface area contributed by atoms with Gasteiger partial charge in [-0.2, -0.15) is 0 Å². The highest BCUT2D eigenvalue weighted by molar-refractivity contribution is 5.92. The first-order valence-electron chi connectivity index (χ1n) is 6.84. The Morgan fingerprint density at radius 1 is 1.14 bits per heavy atom. The largest absolute Gasteiger partial charge is 0.461 e. The van der Waals surface area contributed by atoms with Crippen LogP contribution in [0.15, 0.2) is 11.8 Å². The van der Waals surface area contributed by atoms with Crippen LogP contribution in [-0.4, -0.2) is 24.3 Å². The molecule has 21 heavy (non-hydrogen) atoms. The summed E-state index contributed by atoms with van der Waals surface area (Å²) in [6, 6.07) is 0. The number of amides is 1. The second-order valence-electron chi connectivity index (χ2n) is 6.42. The van der Waals surface area contributed by atoms with Gasteiger partial charge in [-0.1, -0.05) is 11.8 Å². The van der Waals surface area contributed by atoms with Crippen molar-refractivity contribution >= 4 is 12.1 Å². The quantitative estimate of drug-likeness (QED) is 0.494. The predicted molar refractivity (Wildman–Crippen MR) is 81.3 cm³/mol. The Kier molecular flexibility index (Phi) is 7.00. The molecule has 0 atom stereocenters. The summed E-state index contributed by atoms with van der Waals surface area (Å²) >= 11 is 0. The molecule has 0 aliphatic rings. The van der Waals surface area contributed by atoms with Gasteiger partial charge < -0.3 is 9.47 Å². The summed E-state index contributed by atoms with van der Waals surface area (Å²) in [6.45, 7) is 12.9. The van der Waals surface area contributed by atoms with Crippen LogP contribution in [0.3, 0.4) is 0 Å². The van der Waals surface area contributed by atoms with Gasteiger partial charge in [0, 0.05) is 11.5 Å². The highest BCUT2D eigenvalue weighted by Gasteiger charge is 2.20. The Labute approximate surface area is 127 Å². The summed E-state index contributed by atoms with van der Waals surface area (Å²) in [7, 11) is 0. The average molecular weight is 295 g/mol. The van der Waals surface area contributed by atoms with Crippen LogP contribution in [0, 0.1) is 17.3 Å². The molecule has 0 aromatic rings. The Morgan fingerprint density at radius 3 is 2.14 bits per heavy atom. The van der Waals surface area contributed by atoms with Crippen molar-refractivity contribution in [2.45, 2.75) is 54.1 Å². The first kappa shape index (κ1) is 19.0. The van der Waals surface area contributed by atoms with E-state index >= 15 is 0 Å². The maximum absolute atomic E-state index is 11.8. The topological polar surface area (TPSA) is 64.6 Å².